The Morgan fingerprint density at radius 2 is 1.96 bits per heavy atom. The number of likely N-dealkylation sites (tertiary alicyclic amines) is 1. The van der Waals surface area contributed by atoms with Gasteiger partial charge in [-0.3, -0.25) is 4.79 Å². The van der Waals surface area contributed by atoms with Gasteiger partial charge in [-0.05, 0) is 61.7 Å². The summed E-state index contributed by atoms with van der Waals surface area (Å²) in [5.41, 5.74) is 1.90. The van der Waals surface area contributed by atoms with Crippen LogP contribution in [-0.4, -0.2) is 37.6 Å². The molecule has 1 aliphatic rings. The van der Waals surface area contributed by atoms with E-state index in [2.05, 4.69) is 13.0 Å². The third kappa shape index (κ3) is 4.53. The molecule has 0 spiro atoms. The molecule has 1 unspecified atom stereocenters. The highest BCUT2D eigenvalue weighted by atomic mass is 16.5. The van der Waals surface area contributed by atoms with Crippen LogP contribution >= 0.6 is 0 Å². The molecule has 0 aromatic heterocycles. The van der Waals surface area contributed by atoms with Crippen LogP contribution in [0.2, 0.25) is 0 Å². The average molecular weight is 339 g/mol. The van der Waals surface area contributed by atoms with E-state index in [9.17, 15) is 4.79 Å². The fourth-order valence-corrected chi connectivity index (χ4v) is 3.22. The molecule has 4 nitrogen and oxygen atoms in total. The van der Waals surface area contributed by atoms with E-state index in [0.29, 0.717) is 18.1 Å². The van der Waals surface area contributed by atoms with Crippen LogP contribution in [0.4, 0.5) is 0 Å². The van der Waals surface area contributed by atoms with Crippen molar-refractivity contribution in [3.63, 3.8) is 0 Å². The number of carbonyl (C=O) groups excluding carboxylic acids is 1. The average Bonchev–Trinajstić information content (AvgIpc) is 2.66. The summed E-state index contributed by atoms with van der Waals surface area (Å²) < 4.78 is 11.1. The predicted molar refractivity (Wildman–Crippen MR) is 98.3 cm³/mol. The van der Waals surface area contributed by atoms with Crippen LogP contribution < -0.4 is 9.47 Å². The lowest BCUT2D eigenvalue weighted by atomic mass is 9.98. The Kier molecular flexibility index (Phi) is 5.59. The van der Waals surface area contributed by atoms with Gasteiger partial charge in [0.2, 0.25) is 0 Å². The highest BCUT2D eigenvalue weighted by molar-refractivity contribution is 5.94. The zero-order chi connectivity index (χ0) is 17.6. The summed E-state index contributed by atoms with van der Waals surface area (Å²) in [7, 11) is 1.63. The van der Waals surface area contributed by atoms with Gasteiger partial charge in [0.25, 0.3) is 5.91 Å². The Labute approximate surface area is 149 Å². The fraction of sp³-hybridized carbons (Fsp3) is 0.381. The van der Waals surface area contributed by atoms with Crippen LogP contribution in [0.15, 0.2) is 48.5 Å². The number of hydrogen-bond donors (Lipinski definition) is 0. The molecule has 0 radical (unpaired) electrons. The number of piperidine rings is 1. The van der Waals surface area contributed by atoms with Crippen molar-refractivity contribution in [1.82, 2.24) is 4.90 Å². The van der Waals surface area contributed by atoms with Crippen molar-refractivity contribution < 1.29 is 14.3 Å². The van der Waals surface area contributed by atoms with E-state index in [4.69, 9.17) is 9.47 Å². The SMILES string of the molecule is COc1ccc(C(=O)N2CCCC(COc3cccc(C)c3)C2)cc1. The molecule has 2 aromatic carbocycles. The van der Waals surface area contributed by atoms with Crippen molar-refractivity contribution in [2.75, 3.05) is 26.8 Å². The number of aryl methyl sites for hydroxylation is 1. The molecular formula is C21H25NO3. The largest absolute Gasteiger partial charge is 0.497 e. The summed E-state index contributed by atoms with van der Waals surface area (Å²) in [5, 5.41) is 0. The molecule has 1 heterocycles. The van der Waals surface area contributed by atoms with Crippen LogP contribution in [-0.2, 0) is 0 Å². The molecule has 132 valence electrons. The standard InChI is InChI=1S/C21H25NO3/c1-16-5-3-7-20(13-16)25-15-17-6-4-12-22(14-17)21(23)18-8-10-19(24-2)11-9-18/h3,5,7-11,13,17H,4,6,12,14-15H2,1-2H3. The first kappa shape index (κ1) is 17.3. The van der Waals surface area contributed by atoms with Gasteiger partial charge in [-0.25, -0.2) is 0 Å². The van der Waals surface area contributed by atoms with E-state index in [1.54, 1.807) is 7.11 Å². The fourth-order valence-electron chi connectivity index (χ4n) is 3.22. The highest BCUT2D eigenvalue weighted by Crippen LogP contribution is 2.21. The molecule has 0 N–H and O–H groups in total. The third-order valence-electron chi connectivity index (χ3n) is 4.62. The molecule has 2 aromatic rings. The van der Waals surface area contributed by atoms with Crippen molar-refractivity contribution in [2.24, 2.45) is 5.92 Å². The smallest absolute Gasteiger partial charge is 0.253 e. The minimum Gasteiger partial charge on any atom is -0.497 e. The van der Waals surface area contributed by atoms with Gasteiger partial charge >= 0.3 is 0 Å². The molecule has 0 saturated carbocycles. The Bertz CT molecular complexity index is 711. The second-order valence-corrected chi connectivity index (χ2v) is 6.62. The number of hydrogen-bond acceptors (Lipinski definition) is 3. The summed E-state index contributed by atoms with van der Waals surface area (Å²) in [6, 6.07) is 15.4. The summed E-state index contributed by atoms with van der Waals surface area (Å²) in [5.74, 6) is 2.12. The second kappa shape index (κ2) is 8.06. The molecule has 1 atom stereocenters. The molecule has 1 saturated heterocycles. The summed E-state index contributed by atoms with van der Waals surface area (Å²) >= 11 is 0. The molecule has 1 amide bonds. The predicted octanol–water partition coefficient (Wildman–Crippen LogP) is 3.93. The van der Waals surface area contributed by atoms with Gasteiger partial charge in [-0.15, -0.1) is 0 Å². The molecule has 25 heavy (non-hydrogen) atoms. The van der Waals surface area contributed by atoms with Crippen LogP contribution in [0.3, 0.4) is 0 Å². The van der Waals surface area contributed by atoms with E-state index in [1.165, 1.54) is 5.56 Å². The number of amides is 1. The summed E-state index contributed by atoms with van der Waals surface area (Å²) in [6.07, 6.45) is 2.11. The number of carbonyl (C=O) groups is 1. The Hall–Kier alpha value is -2.49. The second-order valence-electron chi connectivity index (χ2n) is 6.62. The molecule has 0 bridgehead atoms. The number of benzene rings is 2. The van der Waals surface area contributed by atoms with Crippen LogP contribution in [0.25, 0.3) is 0 Å². The monoisotopic (exact) mass is 339 g/mol. The minimum atomic E-state index is 0.0860. The molecule has 0 aliphatic carbocycles. The van der Waals surface area contributed by atoms with Gasteiger partial charge < -0.3 is 14.4 Å². The number of rotatable bonds is 5. The topological polar surface area (TPSA) is 38.8 Å². The van der Waals surface area contributed by atoms with E-state index in [0.717, 1.165) is 37.4 Å². The lowest BCUT2D eigenvalue weighted by Gasteiger charge is -2.32. The van der Waals surface area contributed by atoms with Gasteiger partial charge in [-0.2, -0.15) is 0 Å². The van der Waals surface area contributed by atoms with E-state index < -0.39 is 0 Å². The highest BCUT2D eigenvalue weighted by Gasteiger charge is 2.25. The Balaban J connectivity index is 1.57. The maximum Gasteiger partial charge on any atom is 0.253 e. The summed E-state index contributed by atoms with van der Waals surface area (Å²) in [6.45, 7) is 4.26. The quantitative estimate of drug-likeness (QED) is 0.828. The van der Waals surface area contributed by atoms with Gasteiger partial charge in [0.1, 0.15) is 11.5 Å². The Morgan fingerprint density at radius 1 is 1.16 bits per heavy atom. The van der Waals surface area contributed by atoms with Crippen molar-refractivity contribution >= 4 is 5.91 Å². The van der Waals surface area contributed by atoms with E-state index >= 15 is 0 Å². The first-order valence-electron chi connectivity index (χ1n) is 8.78. The third-order valence-corrected chi connectivity index (χ3v) is 4.62. The van der Waals surface area contributed by atoms with Crippen molar-refractivity contribution in [2.45, 2.75) is 19.8 Å². The first-order valence-corrected chi connectivity index (χ1v) is 8.78. The summed E-state index contributed by atoms with van der Waals surface area (Å²) in [4.78, 5) is 14.6. The number of methoxy groups -OCH3 is 1. The van der Waals surface area contributed by atoms with E-state index in [-0.39, 0.29) is 5.91 Å². The molecule has 1 fully saturated rings. The van der Waals surface area contributed by atoms with Crippen molar-refractivity contribution in [3.05, 3.63) is 59.7 Å². The lowest BCUT2D eigenvalue weighted by molar-refractivity contribution is 0.0633. The number of ether oxygens (including phenoxy) is 2. The van der Waals surface area contributed by atoms with Gasteiger partial charge in [0.05, 0.1) is 13.7 Å². The number of nitrogens with zero attached hydrogens (tertiary/aromatic N) is 1. The minimum absolute atomic E-state index is 0.0860. The maximum absolute atomic E-state index is 12.7. The normalized spacial score (nSPS) is 17.2. The van der Waals surface area contributed by atoms with Gasteiger partial charge in [-0.1, -0.05) is 12.1 Å². The Morgan fingerprint density at radius 3 is 2.68 bits per heavy atom. The zero-order valence-corrected chi connectivity index (χ0v) is 14.9. The van der Waals surface area contributed by atoms with Crippen LogP contribution in [0.1, 0.15) is 28.8 Å². The van der Waals surface area contributed by atoms with Crippen molar-refractivity contribution in [3.8, 4) is 11.5 Å². The molecule has 3 rings (SSSR count). The van der Waals surface area contributed by atoms with Gasteiger partial charge in [0, 0.05) is 24.6 Å². The molecular weight excluding hydrogens is 314 g/mol. The van der Waals surface area contributed by atoms with E-state index in [1.807, 2.05) is 47.4 Å². The van der Waals surface area contributed by atoms with Gasteiger partial charge in [0.15, 0.2) is 0 Å². The first-order chi connectivity index (χ1) is 12.2. The molecule has 1 aliphatic heterocycles. The van der Waals surface area contributed by atoms with Crippen LogP contribution in [0.5, 0.6) is 11.5 Å². The molecule has 4 heteroatoms. The lowest BCUT2D eigenvalue weighted by Crippen LogP contribution is -2.41. The van der Waals surface area contributed by atoms with Crippen molar-refractivity contribution in [1.29, 1.82) is 0 Å². The van der Waals surface area contributed by atoms with Crippen LogP contribution in [0, 0.1) is 12.8 Å². The maximum atomic E-state index is 12.7. The zero-order valence-electron chi connectivity index (χ0n) is 14.9.